The van der Waals surface area contributed by atoms with E-state index in [1.807, 2.05) is 6.07 Å². The van der Waals surface area contributed by atoms with Gasteiger partial charge in [-0.2, -0.15) is 0 Å². The topological polar surface area (TPSA) is 75.5 Å². The summed E-state index contributed by atoms with van der Waals surface area (Å²) in [7, 11) is 0. The van der Waals surface area contributed by atoms with E-state index in [4.69, 9.17) is 16.3 Å². The minimum Gasteiger partial charge on any atom is -0.377 e. The van der Waals surface area contributed by atoms with Crippen LogP contribution in [0.15, 0.2) is 6.07 Å². The molecule has 8 heteroatoms. The molecule has 1 saturated carbocycles. The van der Waals surface area contributed by atoms with Crippen LogP contribution in [0, 0.1) is 0 Å². The molecule has 1 aromatic heterocycles. The number of halogens is 1. The van der Waals surface area contributed by atoms with Gasteiger partial charge in [0.1, 0.15) is 5.82 Å². The molecule has 2 aliphatic rings. The lowest BCUT2D eigenvalue weighted by Crippen LogP contribution is -2.44. The van der Waals surface area contributed by atoms with Crippen molar-refractivity contribution >= 4 is 28.5 Å². The second-order valence-electron chi connectivity index (χ2n) is 5.74. The van der Waals surface area contributed by atoms with Crippen molar-refractivity contribution < 1.29 is 13.5 Å². The first kappa shape index (κ1) is 15.1. The summed E-state index contributed by atoms with van der Waals surface area (Å²) < 4.78 is 25.8. The summed E-state index contributed by atoms with van der Waals surface area (Å²) in [6, 6.07) is 2.13. The van der Waals surface area contributed by atoms with Crippen molar-refractivity contribution in [3.05, 3.63) is 17.0 Å². The van der Waals surface area contributed by atoms with E-state index >= 15 is 0 Å². The average Bonchev–Trinajstić information content (AvgIpc) is 3.18. The van der Waals surface area contributed by atoms with Gasteiger partial charge in [0.25, 0.3) is 0 Å². The minimum absolute atomic E-state index is 0.191. The van der Waals surface area contributed by atoms with E-state index in [9.17, 15) is 8.76 Å². The van der Waals surface area contributed by atoms with Crippen LogP contribution in [0.4, 0.5) is 5.82 Å². The third-order valence-electron chi connectivity index (χ3n) is 4.14. The Bertz CT molecular complexity index is 568. The van der Waals surface area contributed by atoms with Gasteiger partial charge in [-0.1, -0.05) is 0 Å². The predicted octanol–water partition coefficient (Wildman–Crippen LogP) is 1.61. The second kappa shape index (κ2) is 5.79. The fourth-order valence-corrected chi connectivity index (χ4v) is 3.84. The van der Waals surface area contributed by atoms with Crippen LogP contribution in [0.3, 0.4) is 0 Å². The third-order valence-corrected chi connectivity index (χ3v) is 5.11. The average molecular weight is 332 g/mol. The van der Waals surface area contributed by atoms with Crippen molar-refractivity contribution in [3.8, 4) is 0 Å². The monoisotopic (exact) mass is 331 g/mol. The Labute approximate surface area is 131 Å². The van der Waals surface area contributed by atoms with Crippen molar-refractivity contribution in [2.75, 3.05) is 30.4 Å². The van der Waals surface area contributed by atoms with Gasteiger partial charge < -0.3 is 14.2 Å². The fraction of sp³-hybridized carbons (Fsp3) is 0.692. The second-order valence-corrected chi connectivity index (χ2v) is 7.01. The van der Waals surface area contributed by atoms with Crippen molar-refractivity contribution in [1.29, 1.82) is 0 Å². The number of ether oxygens (including phenoxy) is 1. The largest absolute Gasteiger partial charge is 0.377 e. The Morgan fingerprint density at radius 3 is 2.95 bits per heavy atom. The van der Waals surface area contributed by atoms with Gasteiger partial charge in [-0.3, -0.25) is 0 Å². The van der Waals surface area contributed by atoms with Gasteiger partial charge in [0, 0.05) is 18.0 Å². The number of hydrogen-bond donors (Lipinski definition) is 1. The van der Waals surface area contributed by atoms with E-state index < -0.39 is 11.1 Å². The lowest BCUT2D eigenvalue weighted by Gasteiger charge is -2.34. The molecule has 2 heterocycles. The highest BCUT2D eigenvalue weighted by molar-refractivity contribution is 7.79. The van der Waals surface area contributed by atoms with E-state index in [2.05, 4.69) is 21.8 Å². The van der Waals surface area contributed by atoms with E-state index in [1.165, 1.54) is 0 Å². The SMILES string of the molecule is C[C@H]1COCCN1c1cc(C2(CS(=O)O)CC2)nc(Cl)n1. The van der Waals surface area contributed by atoms with Crippen LogP contribution < -0.4 is 4.90 Å². The molecule has 0 bridgehead atoms. The zero-order valence-electron chi connectivity index (χ0n) is 11.8. The highest BCUT2D eigenvalue weighted by Gasteiger charge is 2.47. The van der Waals surface area contributed by atoms with Crippen LogP contribution in [0.1, 0.15) is 25.5 Å². The smallest absolute Gasteiger partial charge is 0.224 e. The fourth-order valence-electron chi connectivity index (χ4n) is 2.75. The molecule has 2 fully saturated rings. The molecule has 0 amide bonds. The van der Waals surface area contributed by atoms with Crippen molar-refractivity contribution in [2.24, 2.45) is 0 Å². The van der Waals surface area contributed by atoms with Gasteiger partial charge in [0.15, 0.2) is 11.1 Å². The van der Waals surface area contributed by atoms with Crippen LogP contribution in [0.2, 0.25) is 5.28 Å². The van der Waals surface area contributed by atoms with Gasteiger partial charge >= 0.3 is 0 Å². The number of morpholine rings is 1. The van der Waals surface area contributed by atoms with E-state index in [1.54, 1.807) is 0 Å². The maximum absolute atomic E-state index is 11.2. The highest BCUT2D eigenvalue weighted by atomic mass is 35.5. The molecular weight excluding hydrogens is 314 g/mol. The molecule has 1 aliphatic carbocycles. The van der Waals surface area contributed by atoms with Crippen LogP contribution in [0.25, 0.3) is 0 Å². The highest BCUT2D eigenvalue weighted by Crippen LogP contribution is 2.48. The summed E-state index contributed by atoms with van der Waals surface area (Å²) in [5.74, 6) is 0.981. The molecule has 21 heavy (non-hydrogen) atoms. The van der Waals surface area contributed by atoms with Crippen LogP contribution in [-0.4, -0.2) is 50.3 Å². The van der Waals surface area contributed by atoms with E-state index in [0.29, 0.717) is 13.2 Å². The Morgan fingerprint density at radius 2 is 2.33 bits per heavy atom. The number of hydrogen-bond acceptors (Lipinski definition) is 5. The van der Waals surface area contributed by atoms with Crippen molar-refractivity contribution in [3.63, 3.8) is 0 Å². The van der Waals surface area contributed by atoms with E-state index in [0.717, 1.165) is 30.9 Å². The summed E-state index contributed by atoms with van der Waals surface area (Å²) in [5, 5.41) is 0.191. The van der Waals surface area contributed by atoms with Crippen LogP contribution >= 0.6 is 11.6 Å². The van der Waals surface area contributed by atoms with Crippen molar-refractivity contribution in [2.45, 2.75) is 31.2 Å². The Hall–Kier alpha value is -0.760. The molecule has 0 spiro atoms. The summed E-state index contributed by atoms with van der Waals surface area (Å²) in [6.07, 6.45) is 1.73. The number of rotatable bonds is 4. The zero-order valence-corrected chi connectivity index (χ0v) is 13.4. The molecule has 2 atom stereocenters. The third kappa shape index (κ3) is 3.21. The summed E-state index contributed by atoms with van der Waals surface area (Å²) in [6.45, 7) is 4.15. The molecule has 0 aromatic carbocycles. The first-order valence-electron chi connectivity index (χ1n) is 6.97. The molecule has 116 valence electrons. The molecule has 6 nitrogen and oxygen atoms in total. The standard InChI is InChI=1S/C13H18ClN3O3S/c1-9-7-20-5-4-17(9)11-6-10(15-12(14)16-11)13(2-3-13)8-21(18)19/h6,9H,2-5,7-8H2,1H3,(H,18,19)/t9-/m0/s1. The zero-order chi connectivity index (χ0) is 15.0. The van der Waals surface area contributed by atoms with Gasteiger partial charge in [-0.25, -0.2) is 14.2 Å². The maximum atomic E-state index is 11.2. The molecule has 1 N–H and O–H groups in total. The van der Waals surface area contributed by atoms with Crippen LogP contribution in [0.5, 0.6) is 0 Å². The van der Waals surface area contributed by atoms with Gasteiger partial charge in [0.05, 0.1) is 30.7 Å². The first-order valence-corrected chi connectivity index (χ1v) is 8.62. The molecule has 1 aromatic rings. The van der Waals surface area contributed by atoms with Gasteiger partial charge in [0.2, 0.25) is 5.28 Å². The Balaban J connectivity index is 1.91. The number of aromatic nitrogens is 2. The molecular formula is C13H18ClN3O3S. The summed E-state index contributed by atoms with van der Waals surface area (Å²) in [5.41, 5.74) is 0.467. The Kier molecular flexibility index (Phi) is 4.18. The number of nitrogens with zero attached hydrogens (tertiary/aromatic N) is 3. The van der Waals surface area contributed by atoms with Gasteiger partial charge in [-0.15, -0.1) is 0 Å². The molecule has 1 saturated heterocycles. The molecule has 0 radical (unpaired) electrons. The lowest BCUT2D eigenvalue weighted by atomic mass is 10.0. The minimum atomic E-state index is -1.84. The van der Waals surface area contributed by atoms with Crippen LogP contribution in [-0.2, 0) is 21.2 Å². The number of anilines is 1. The molecule has 1 unspecified atom stereocenters. The lowest BCUT2D eigenvalue weighted by molar-refractivity contribution is 0.0985. The molecule has 3 rings (SSSR count). The summed E-state index contributed by atoms with van der Waals surface area (Å²) >= 11 is 4.23. The maximum Gasteiger partial charge on any atom is 0.224 e. The normalized spacial score (nSPS) is 25.7. The van der Waals surface area contributed by atoms with Gasteiger partial charge in [-0.05, 0) is 31.4 Å². The van der Waals surface area contributed by atoms with Crippen molar-refractivity contribution in [1.82, 2.24) is 9.97 Å². The van der Waals surface area contributed by atoms with E-state index in [-0.39, 0.29) is 22.5 Å². The Morgan fingerprint density at radius 1 is 1.57 bits per heavy atom. The summed E-state index contributed by atoms with van der Waals surface area (Å²) in [4.78, 5) is 10.8. The quantitative estimate of drug-likeness (QED) is 0.667. The molecule has 1 aliphatic heterocycles. The first-order chi connectivity index (χ1) is 10.00. The predicted molar refractivity (Wildman–Crippen MR) is 81.2 cm³/mol.